The Bertz CT molecular complexity index is 1320. The summed E-state index contributed by atoms with van der Waals surface area (Å²) in [6.45, 7) is 7.85. The lowest BCUT2D eigenvalue weighted by Gasteiger charge is -2.17. The van der Waals surface area contributed by atoms with Crippen molar-refractivity contribution >= 4 is 16.8 Å². The number of aryl methyl sites for hydroxylation is 3. The summed E-state index contributed by atoms with van der Waals surface area (Å²) in [5.41, 5.74) is 2.50. The molecular weight excluding hydrogens is 396 g/mol. The lowest BCUT2D eigenvalue weighted by Crippen LogP contribution is -2.30. The van der Waals surface area contributed by atoms with E-state index in [0.717, 1.165) is 33.9 Å². The summed E-state index contributed by atoms with van der Waals surface area (Å²) in [6, 6.07) is 5.76. The third-order valence-electron chi connectivity index (χ3n) is 6.01. The molecule has 0 spiro atoms. The van der Waals surface area contributed by atoms with Crippen molar-refractivity contribution in [3.8, 4) is 11.9 Å². The Morgan fingerprint density at radius 2 is 2.00 bits per heavy atom. The molecule has 1 unspecified atom stereocenters. The average molecular weight is 420 g/mol. The van der Waals surface area contributed by atoms with E-state index in [-0.39, 0.29) is 35.1 Å². The number of nitriles is 1. The van der Waals surface area contributed by atoms with E-state index in [2.05, 4.69) is 0 Å². The van der Waals surface area contributed by atoms with E-state index in [9.17, 15) is 20.0 Å². The zero-order valence-electron chi connectivity index (χ0n) is 18.0. The first-order chi connectivity index (χ1) is 14.7. The first-order valence-corrected chi connectivity index (χ1v) is 10.3. The third kappa shape index (κ3) is 3.33. The van der Waals surface area contributed by atoms with Crippen molar-refractivity contribution in [3.63, 3.8) is 0 Å². The largest absolute Gasteiger partial charge is 0.494 e. The van der Waals surface area contributed by atoms with Crippen LogP contribution in [0.4, 0.5) is 0 Å². The zero-order valence-corrected chi connectivity index (χ0v) is 18.0. The number of aromatic hydroxyl groups is 1. The predicted octanol–water partition coefficient (Wildman–Crippen LogP) is 3.82. The molecule has 1 N–H and O–H groups in total. The highest BCUT2D eigenvalue weighted by molar-refractivity contribution is 6.13. The van der Waals surface area contributed by atoms with Crippen molar-refractivity contribution in [2.75, 3.05) is 6.61 Å². The number of hydrogen-bond donors (Lipinski definition) is 1. The van der Waals surface area contributed by atoms with Gasteiger partial charge in [0.15, 0.2) is 5.76 Å². The third-order valence-corrected chi connectivity index (χ3v) is 6.01. The van der Waals surface area contributed by atoms with Crippen LogP contribution in [0.1, 0.15) is 56.8 Å². The summed E-state index contributed by atoms with van der Waals surface area (Å²) in [7, 11) is 0. The summed E-state index contributed by atoms with van der Waals surface area (Å²) in [5.74, 6) is -0.929. The monoisotopic (exact) mass is 420 g/mol. The second-order valence-electron chi connectivity index (χ2n) is 8.20. The van der Waals surface area contributed by atoms with Gasteiger partial charge in [0, 0.05) is 17.6 Å². The topological polar surface area (TPSA) is 105 Å². The number of carbonyl (C=O) groups excluding carboxylic acids is 1. The van der Waals surface area contributed by atoms with Crippen LogP contribution >= 0.6 is 0 Å². The Kier molecular flexibility index (Phi) is 5.19. The van der Waals surface area contributed by atoms with Gasteiger partial charge in [0.2, 0.25) is 11.7 Å². The minimum atomic E-state index is -0.627. The van der Waals surface area contributed by atoms with E-state index >= 15 is 0 Å². The molecule has 0 bridgehead atoms. The number of carbonyl (C=O) groups is 1. The summed E-state index contributed by atoms with van der Waals surface area (Å²) in [4.78, 5) is 26.4. The maximum atomic E-state index is 13.5. The molecule has 1 aromatic carbocycles. The molecule has 1 atom stereocenters. The highest BCUT2D eigenvalue weighted by atomic mass is 16.5. The molecule has 7 nitrogen and oxygen atoms in total. The van der Waals surface area contributed by atoms with Gasteiger partial charge in [-0.1, -0.05) is 6.07 Å². The number of aromatic nitrogens is 1. The molecule has 7 heteroatoms. The van der Waals surface area contributed by atoms with Crippen LogP contribution in [0.15, 0.2) is 21.3 Å². The number of pyridine rings is 1. The smallest absolute Gasteiger partial charge is 0.271 e. The quantitative estimate of drug-likeness (QED) is 0.644. The summed E-state index contributed by atoms with van der Waals surface area (Å²) in [6.07, 6.45) is 1.35. The van der Waals surface area contributed by atoms with Crippen molar-refractivity contribution < 1.29 is 19.1 Å². The van der Waals surface area contributed by atoms with Crippen molar-refractivity contribution in [2.24, 2.45) is 0 Å². The normalized spacial score (nSPS) is 16.0. The number of ether oxygens (including phenoxy) is 1. The predicted molar refractivity (Wildman–Crippen MR) is 115 cm³/mol. The maximum absolute atomic E-state index is 13.5. The molecule has 31 heavy (non-hydrogen) atoms. The van der Waals surface area contributed by atoms with Gasteiger partial charge >= 0.3 is 0 Å². The Labute approximate surface area is 179 Å². The minimum absolute atomic E-state index is 0.0807. The second kappa shape index (κ2) is 7.71. The van der Waals surface area contributed by atoms with Gasteiger partial charge in [-0.25, -0.2) is 0 Å². The van der Waals surface area contributed by atoms with Crippen molar-refractivity contribution in [1.82, 2.24) is 4.57 Å². The van der Waals surface area contributed by atoms with Crippen molar-refractivity contribution in [2.45, 2.75) is 53.2 Å². The Morgan fingerprint density at radius 1 is 1.26 bits per heavy atom. The minimum Gasteiger partial charge on any atom is -0.494 e. The lowest BCUT2D eigenvalue weighted by molar-refractivity contribution is 0.0926. The van der Waals surface area contributed by atoms with E-state index in [1.165, 1.54) is 6.92 Å². The fourth-order valence-corrected chi connectivity index (χ4v) is 4.50. The standard InChI is InChI=1S/C24H24N2O5/c1-12-8-13(2)19-15(4)22(31-18(19)9-12)21(27)20-14(3)17(10-25)23(28)26(24(20)29)11-16-6-5-7-30-16/h8-9,16,29H,5-7,11H2,1-4H3. The molecule has 3 heterocycles. The number of fused-ring (bicyclic) bond motifs is 1. The van der Waals surface area contributed by atoms with Gasteiger partial charge < -0.3 is 14.3 Å². The van der Waals surface area contributed by atoms with E-state index in [1.54, 1.807) is 6.92 Å². The summed E-state index contributed by atoms with van der Waals surface area (Å²) in [5, 5.41) is 21.4. The fraction of sp³-hybridized carbons (Fsp3) is 0.375. The van der Waals surface area contributed by atoms with E-state index < -0.39 is 17.2 Å². The molecular formula is C24H24N2O5. The van der Waals surface area contributed by atoms with Gasteiger partial charge in [-0.05, 0) is 63.3 Å². The molecule has 1 aliphatic heterocycles. The van der Waals surface area contributed by atoms with Crippen LogP contribution in [0.5, 0.6) is 5.88 Å². The molecule has 0 radical (unpaired) electrons. The van der Waals surface area contributed by atoms with Gasteiger partial charge in [0.1, 0.15) is 17.2 Å². The zero-order chi connectivity index (χ0) is 22.4. The van der Waals surface area contributed by atoms with Gasteiger partial charge in [-0.15, -0.1) is 0 Å². The number of furan rings is 1. The van der Waals surface area contributed by atoms with Crippen molar-refractivity contribution in [1.29, 1.82) is 5.26 Å². The molecule has 0 aliphatic carbocycles. The molecule has 0 saturated carbocycles. The van der Waals surface area contributed by atoms with E-state index in [4.69, 9.17) is 9.15 Å². The van der Waals surface area contributed by atoms with Gasteiger partial charge in [0.05, 0.1) is 18.2 Å². The number of hydrogen-bond acceptors (Lipinski definition) is 6. The fourth-order valence-electron chi connectivity index (χ4n) is 4.50. The Morgan fingerprint density at radius 3 is 2.65 bits per heavy atom. The maximum Gasteiger partial charge on any atom is 0.271 e. The highest BCUT2D eigenvalue weighted by Crippen LogP contribution is 2.33. The SMILES string of the molecule is Cc1cc(C)c2c(C)c(C(=O)c3c(C)c(C#N)c(=O)n(CC4CCCO4)c3O)oc2c1. The molecule has 160 valence electrons. The van der Waals surface area contributed by atoms with E-state index in [0.29, 0.717) is 17.8 Å². The van der Waals surface area contributed by atoms with Gasteiger partial charge in [-0.2, -0.15) is 5.26 Å². The first-order valence-electron chi connectivity index (χ1n) is 10.3. The number of ketones is 1. The van der Waals surface area contributed by atoms with Crippen LogP contribution in [0.2, 0.25) is 0 Å². The Hall–Kier alpha value is -3.37. The molecule has 4 rings (SSSR count). The van der Waals surface area contributed by atoms with Crippen LogP contribution in [-0.2, 0) is 11.3 Å². The molecule has 1 fully saturated rings. The number of nitrogens with zero attached hydrogens (tertiary/aromatic N) is 2. The number of benzene rings is 1. The molecule has 1 aliphatic rings. The molecule has 2 aromatic heterocycles. The molecule has 3 aromatic rings. The first kappa shape index (κ1) is 20.9. The van der Waals surface area contributed by atoms with Crippen LogP contribution < -0.4 is 5.56 Å². The molecule has 1 saturated heterocycles. The summed E-state index contributed by atoms with van der Waals surface area (Å²) < 4.78 is 12.6. The van der Waals surface area contributed by atoms with Crippen LogP contribution in [0.25, 0.3) is 11.0 Å². The molecule has 0 amide bonds. The second-order valence-corrected chi connectivity index (χ2v) is 8.20. The van der Waals surface area contributed by atoms with Gasteiger partial charge in [-0.3, -0.25) is 14.2 Å². The summed E-state index contributed by atoms with van der Waals surface area (Å²) >= 11 is 0. The van der Waals surface area contributed by atoms with Crippen molar-refractivity contribution in [3.05, 3.63) is 61.6 Å². The van der Waals surface area contributed by atoms with Crippen LogP contribution in [-0.4, -0.2) is 28.2 Å². The van der Waals surface area contributed by atoms with Crippen LogP contribution in [0, 0.1) is 39.0 Å². The van der Waals surface area contributed by atoms with E-state index in [1.807, 2.05) is 32.0 Å². The average Bonchev–Trinajstić information content (AvgIpc) is 3.33. The number of rotatable bonds is 4. The highest BCUT2D eigenvalue weighted by Gasteiger charge is 2.30. The van der Waals surface area contributed by atoms with Crippen LogP contribution in [0.3, 0.4) is 0 Å². The lowest BCUT2D eigenvalue weighted by atomic mass is 9.97. The van der Waals surface area contributed by atoms with Gasteiger partial charge in [0.25, 0.3) is 5.56 Å². The Balaban J connectivity index is 1.91.